The number of anilines is 1. The van der Waals surface area contributed by atoms with Gasteiger partial charge in [-0.25, -0.2) is 4.39 Å². The highest BCUT2D eigenvalue weighted by Crippen LogP contribution is 2.33. The quantitative estimate of drug-likeness (QED) is 0.388. The molecule has 0 radical (unpaired) electrons. The Labute approximate surface area is 168 Å². The third-order valence-corrected chi connectivity index (χ3v) is 5.23. The maximum atomic E-state index is 13.3. The lowest BCUT2D eigenvalue weighted by atomic mass is 9.97. The summed E-state index contributed by atoms with van der Waals surface area (Å²) in [5, 5.41) is 14.5. The first kappa shape index (κ1) is 19.7. The van der Waals surface area contributed by atoms with Crippen LogP contribution in [0, 0.1) is 16.5 Å². The van der Waals surface area contributed by atoms with Crippen LogP contribution < -0.4 is 5.32 Å². The lowest BCUT2D eigenvalue weighted by Crippen LogP contribution is -2.25. The van der Waals surface area contributed by atoms with Crippen LogP contribution in [0.25, 0.3) is 0 Å². The fourth-order valence-corrected chi connectivity index (χ4v) is 3.73. The van der Waals surface area contributed by atoms with Gasteiger partial charge in [-0.15, -0.1) is 0 Å². The van der Waals surface area contributed by atoms with Crippen molar-refractivity contribution in [3.63, 3.8) is 0 Å². The van der Waals surface area contributed by atoms with Gasteiger partial charge in [-0.1, -0.05) is 60.7 Å². The van der Waals surface area contributed by atoms with Crippen molar-refractivity contribution in [1.29, 1.82) is 5.26 Å². The molecule has 3 aromatic carbocycles. The van der Waals surface area contributed by atoms with E-state index in [1.807, 2.05) is 48.5 Å². The topological polar surface area (TPSA) is 52.9 Å². The molecule has 0 unspecified atom stereocenters. The molecule has 1 N–H and O–H groups in total. The number of benzene rings is 3. The zero-order valence-electron chi connectivity index (χ0n) is 15.1. The van der Waals surface area contributed by atoms with Crippen LogP contribution in [0.15, 0.2) is 84.9 Å². The van der Waals surface area contributed by atoms with E-state index in [-0.39, 0.29) is 29.3 Å². The molecule has 0 bridgehead atoms. The fourth-order valence-electron chi connectivity index (χ4n) is 3.00. The molecule has 28 heavy (non-hydrogen) atoms. The fraction of sp³-hybridized carbons (Fsp3) is 0.130. The van der Waals surface area contributed by atoms with Crippen molar-refractivity contribution in [2.24, 2.45) is 0 Å². The van der Waals surface area contributed by atoms with Crippen LogP contribution in [0.1, 0.15) is 28.4 Å². The third kappa shape index (κ3) is 5.21. The molecule has 0 aliphatic heterocycles. The number of thioether (sulfide) groups is 1. The van der Waals surface area contributed by atoms with Gasteiger partial charge in [0.2, 0.25) is 0 Å². The summed E-state index contributed by atoms with van der Waals surface area (Å²) in [6.07, 6.45) is 0.204. The van der Waals surface area contributed by atoms with Gasteiger partial charge in [-0.2, -0.15) is 5.26 Å². The Morgan fingerprint density at radius 1 is 0.964 bits per heavy atom. The molecule has 0 amide bonds. The molecular weight excluding hydrogens is 371 g/mol. The molecule has 3 nitrogen and oxygen atoms in total. The Morgan fingerprint density at radius 2 is 1.57 bits per heavy atom. The summed E-state index contributed by atoms with van der Waals surface area (Å²) < 4.78 is 13.3. The number of ketones is 1. The van der Waals surface area contributed by atoms with Crippen molar-refractivity contribution in [1.82, 2.24) is 0 Å². The van der Waals surface area contributed by atoms with E-state index in [9.17, 15) is 14.4 Å². The third-order valence-electron chi connectivity index (χ3n) is 4.38. The van der Waals surface area contributed by atoms with E-state index >= 15 is 0 Å². The highest BCUT2D eigenvalue weighted by atomic mass is 32.2. The minimum Gasteiger partial charge on any atom is -0.377 e. The number of nitriles is 1. The number of hydrogen-bond donors (Lipinski definition) is 1. The van der Waals surface area contributed by atoms with Gasteiger partial charge in [0.05, 0.1) is 11.3 Å². The van der Waals surface area contributed by atoms with Crippen LogP contribution in [-0.2, 0) is 0 Å². The first-order chi connectivity index (χ1) is 13.7. The number of rotatable bonds is 8. The summed E-state index contributed by atoms with van der Waals surface area (Å²) in [7, 11) is 0. The Kier molecular flexibility index (Phi) is 6.83. The Morgan fingerprint density at radius 3 is 2.18 bits per heavy atom. The zero-order valence-corrected chi connectivity index (χ0v) is 15.9. The SMILES string of the molecule is N#CS[C@H](CC(=O)c1ccccc1)[C@H](Nc1ccc(F)cc1)c1ccccc1. The first-order valence-corrected chi connectivity index (χ1v) is 9.75. The number of Topliss-reactive ketones (excluding diaryl/α,β-unsaturated/α-hetero) is 1. The summed E-state index contributed by atoms with van der Waals surface area (Å²) in [5.41, 5.74) is 2.31. The Hall–Kier alpha value is -3.10. The summed E-state index contributed by atoms with van der Waals surface area (Å²) in [6, 6.07) is 24.5. The van der Waals surface area contributed by atoms with Crippen LogP contribution in [0.3, 0.4) is 0 Å². The monoisotopic (exact) mass is 390 g/mol. The Balaban J connectivity index is 1.89. The minimum absolute atomic E-state index is 0.0183. The standard InChI is InChI=1S/C23H19FN2OS/c24-19-11-13-20(14-12-19)26-23(18-9-5-2-6-10-18)22(28-16-25)15-21(27)17-7-3-1-4-8-17/h1-14,22-23,26H,15H2/t22-,23-/m1/s1. The van der Waals surface area contributed by atoms with Gasteiger partial charge in [-0.05, 0) is 41.6 Å². The largest absolute Gasteiger partial charge is 0.377 e. The number of nitrogens with zero attached hydrogens (tertiary/aromatic N) is 1. The predicted molar refractivity (Wildman–Crippen MR) is 112 cm³/mol. The van der Waals surface area contributed by atoms with E-state index in [2.05, 4.69) is 10.7 Å². The molecule has 3 rings (SSSR count). The summed E-state index contributed by atoms with van der Waals surface area (Å²) in [4.78, 5) is 12.8. The lowest BCUT2D eigenvalue weighted by molar-refractivity contribution is 0.0980. The van der Waals surface area contributed by atoms with E-state index in [1.165, 1.54) is 12.1 Å². The first-order valence-electron chi connectivity index (χ1n) is 8.87. The van der Waals surface area contributed by atoms with Gasteiger partial charge in [0.15, 0.2) is 5.78 Å². The predicted octanol–water partition coefficient (Wildman–Crippen LogP) is 5.83. The maximum absolute atomic E-state index is 13.3. The van der Waals surface area contributed by atoms with Gasteiger partial charge >= 0.3 is 0 Å². The molecule has 0 saturated heterocycles. The molecule has 0 spiro atoms. The molecular formula is C23H19FN2OS. The van der Waals surface area contributed by atoms with Crippen molar-refractivity contribution in [2.45, 2.75) is 17.7 Å². The molecule has 5 heteroatoms. The van der Waals surface area contributed by atoms with E-state index in [1.54, 1.807) is 24.3 Å². The second-order valence-corrected chi connectivity index (χ2v) is 7.30. The van der Waals surface area contributed by atoms with Crippen molar-refractivity contribution in [3.8, 4) is 5.40 Å². The molecule has 3 aromatic rings. The highest BCUT2D eigenvalue weighted by molar-refractivity contribution is 8.04. The number of thiocyanates is 1. The van der Waals surface area contributed by atoms with Gasteiger partial charge in [0.1, 0.15) is 11.2 Å². The summed E-state index contributed by atoms with van der Waals surface area (Å²) >= 11 is 1.07. The normalized spacial score (nSPS) is 12.6. The highest BCUT2D eigenvalue weighted by Gasteiger charge is 2.27. The maximum Gasteiger partial charge on any atom is 0.164 e. The van der Waals surface area contributed by atoms with Crippen LogP contribution in [0.5, 0.6) is 0 Å². The molecule has 0 aromatic heterocycles. The van der Waals surface area contributed by atoms with Crippen molar-refractivity contribution < 1.29 is 9.18 Å². The number of halogens is 1. The van der Waals surface area contributed by atoms with Gasteiger partial charge in [0.25, 0.3) is 0 Å². The van der Waals surface area contributed by atoms with Crippen LogP contribution in [0.4, 0.5) is 10.1 Å². The van der Waals surface area contributed by atoms with Crippen LogP contribution in [-0.4, -0.2) is 11.0 Å². The van der Waals surface area contributed by atoms with Gasteiger partial charge < -0.3 is 5.32 Å². The van der Waals surface area contributed by atoms with E-state index < -0.39 is 0 Å². The smallest absolute Gasteiger partial charge is 0.164 e. The number of hydrogen-bond acceptors (Lipinski definition) is 4. The molecule has 0 fully saturated rings. The molecule has 0 saturated carbocycles. The van der Waals surface area contributed by atoms with Crippen molar-refractivity contribution in [2.75, 3.05) is 5.32 Å². The number of carbonyl (C=O) groups is 1. The average molecular weight is 390 g/mol. The van der Waals surface area contributed by atoms with E-state index in [0.717, 1.165) is 23.0 Å². The summed E-state index contributed by atoms with van der Waals surface area (Å²) in [5.74, 6) is -0.334. The number of carbonyl (C=O) groups excluding carboxylic acids is 1. The lowest BCUT2D eigenvalue weighted by Gasteiger charge is -2.27. The van der Waals surface area contributed by atoms with Crippen molar-refractivity contribution >= 4 is 23.2 Å². The molecule has 0 aliphatic rings. The minimum atomic E-state index is -0.316. The zero-order chi connectivity index (χ0) is 19.8. The summed E-state index contributed by atoms with van der Waals surface area (Å²) in [6.45, 7) is 0. The van der Waals surface area contributed by atoms with Gasteiger partial charge in [-0.3, -0.25) is 4.79 Å². The molecule has 0 aliphatic carbocycles. The van der Waals surface area contributed by atoms with Crippen LogP contribution in [0.2, 0.25) is 0 Å². The molecule has 2 atom stereocenters. The second-order valence-electron chi connectivity index (χ2n) is 6.28. The van der Waals surface area contributed by atoms with E-state index in [4.69, 9.17) is 0 Å². The number of nitrogens with one attached hydrogen (secondary N) is 1. The van der Waals surface area contributed by atoms with Crippen molar-refractivity contribution in [3.05, 3.63) is 102 Å². The molecule has 140 valence electrons. The second kappa shape index (κ2) is 9.72. The molecule has 0 heterocycles. The van der Waals surface area contributed by atoms with Crippen LogP contribution >= 0.6 is 11.8 Å². The van der Waals surface area contributed by atoms with Gasteiger partial charge in [0, 0.05) is 17.7 Å². The average Bonchev–Trinajstić information content (AvgIpc) is 2.74. The van der Waals surface area contributed by atoms with E-state index in [0.29, 0.717) is 5.56 Å². The Bertz CT molecular complexity index is 940.